The number of nitrogens with one attached hydrogen (secondary N) is 1. The molecule has 1 atom stereocenters. The Kier molecular flexibility index (Phi) is 8.66. The summed E-state index contributed by atoms with van der Waals surface area (Å²) in [6, 6.07) is 21.7. The number of aliphatic carboxylic acids is 1. The van der Waals surface area contributed by atoms with E-state index in [0.29, 0.717) is 22.0 Å². The number of unbranched alkanes of at least 4 members (excludes halogenated alkanes) is 3. The molecular formula is C27H28N2O4S3. The highest BCUT2D eigenvalue weighted by Gasteiger charge is 2.21. The van der Waals surface area contributed by atoms with Gasteiger partial charge in [-0.3, -0.25) is 9.52 Å². The maximum Gasteiger partial charge on any atom is 0.317 e. The fourth-order valence-corrected chi connectivity index (χ4v) is 7.18. The average molecular weight is 541 g/mol. The monoisotopic (exact) mass is 540 g/mol. The van der Waals surface area contributed by atoms with Crippen molar-refractivity contribution in [3.63, 3.8) is 0 Å². The first-order valence-corrected chi connectivity index (χ1v) is 15.0. The lowest BCUT2D eigenvalue weighted by Gasteiger charge is -2.09. The first-order valence-electron chi connectivity index (χ1n) is 11.8. The summed E-state index contributed by atoms with van der Waals surface area (Å²) in [4.78, 5) is 16.4. The summed E-state index contributed by atoms with van der Waals surface area (Å²) < 4.78 is 30.0. The van der Waals surface area contributed by atoms with Crippen LogP contribution in [0.4, 0.5) is 5.69 Å². The average Bonchev–Trinajstić information content (AvgIpc) is 3.28. The van der Waals surface area contributed by atoms with Gasteiger partial charge in [-0.2, -0.15) is 0 Å². The molecule has 0 aliphatic carbocycles. The summed E-state index contributed by atoms with van der Waals surface area (Å²) >= 11 is 2.64. The molecule has 4 rings (SSSR count). The number of anilines is 1. The number of hydrogen-bond donors (Lipinski definition) is 2. The van der Waals surface area contributed by atoms with Gasteiger partial charge in [0.2, 0.25) is 0 Å². The Labute approximate surface area is 219 Å². The van der Waals surface area contributed by atoms with Crippen LogP contribution in [0, 0.1) is 0 Å². The highest BCUT2D eigenvalue weighted by molar-refractivity contribution is 8.02. The standard InChI is InChI=1S/C27H28N2O4S3/c1-2-3-4-8-11-24(26(30)31)34-27-28-23-17-14-21(18-25(23)35-27)29-36(32,33)22-15-12-20(13-16-22)19-9-6-5-7-10-19/h5-7,9-10,12-18,24,29H,2-4,8,11H2,1H3,(H,30,31). The largest absolute Gasteiger partial charge is 0.480 e. The second-order valence-corrected chi connectivity index (χ2v) is 12.6. The molecule has 2 N–H and O–H groups in total. The quantitative estimate of drug-likeness (QED) is 0.145. The van der Waals surface area contributed by atoms with E-state index in [2.05, 4.69) is 16.6 Å². The van der Waals surface area contributed by atoms with Crippen LogP contribution in [0.2, 0.25) is 0 Å². The maximum absolute atomic E-state index is 13.0. The van der Waals surface area contributed by atoms with E-state index in [1.54, 1.807) is 42.5 Å². The van der Waals surface area contributed by atoms with E-state index in [0.717, 1.165) is 41.5 Å². The van der Waals surface area contributed by atoms with E-state index in [1.165, 1.54) is 23.1 Å². The van der Waals surface area contributed by atoms with Crippen molar-refractivity contribution < 1.29 is 18.3 Å². The smallest absolute Gasteiger partial charge is 0.317 e. The second-order valence-electron chi connectivity index (χ2n) is 8.45. The third kappa shape index (κ3) is 6.66. The first-order chi connectivity index (χ1) is 17.4. The van der Waals surface area contributed by atoms with Crippen LogP contribution in [0.15, 0.2) is 82.0 Å². The minimum atomic E-state index is -3.77. The molecule has 1 unspecified atom stereocenters. The van der Waals surface area contributed by atoms with Gasteiger partial charge < -0.3 is 5.11 Å². The molecule has 3 aromatic carbocycles. The van der Waals surface area contributed by atoms with E-state index in [4.69, 9.17) is 0 Å². The van der Waals surface area contributed by atoms with Crippen LogP contribution in [-0.4, -0.2) is 29.7 Å². The number of aromatic nitrogens is 1. The molecule has 0 radical (unpaired) electrons. The Balaban J connectivity index is 1.46. The molecule has 9 heteroatoms. The summed E-state index contributed by atoms with van der Waals surface area (Å²) in [6.45, 7) is 2.13. The second kappa shape index (κ2) is 11.9. The Morgan fingerprint density at radius 3 is 2.42 bits per heavy atom. The van der Waals surface area contributed by atoms with Crippen molar-refractivity contribution in [2.45, 2.75) is 53.5 Å². The van der Waals surface area contributed by atoms with Crippen molar-refractivity contribution in [1.29, 1.82) is 0 Å². The summed E-state index contributed by atoms with van der Waals surface area (Å²) in [5, 5.41) is 9.06. The van der Waals surface area contributed by atoms with E-state index in [1.807, 2.05) is 30.3 Å². The molecule has 0 aliphatic heterocycles. The van der Waals surface area contributed by atoms with Crippen LogP contribution < -0.4 is 4.72 Å². The molecule has 0 saturated carbocycles. The number of carbonyl (C=O) groups is 1. The van der Waals surface area contributed by atoms with E-state index in [9.17, 15) is 18.3 Å². The van der Waals surface area contributed by atoms with Crippen LogP contribution in [0.5, 0.6) is 0 Å². The van der Waals surface area contributed by atoms with Gasteiger partial charge in [-0.1, -0.05) is 86.8 Å². The van der Waals surface area contributed by atoms with Crippen molar-refractivity contribution in [1.82, 2.24) is 4.98 Å². The zero-order valence-electron chi connectivity index (χ0n) is 19.9. The van der Waals surface area contributed by atoms with Crippen molar-refractivity contribution in [2.24, 2.45) is 0 Å². The molecule has 0 saturated heterocycles. The SMILES string of the molecule is CCCCCCC(Sc1nc2ccc(NS(=O)(=O)c3ccc(-c4ccccc4)cc3)cc2s1)C(=O)O. The number of benzene rings is 3. The van der Waals surface area contributed by atoms with Crippen LogP contribution in [0.3, 0.4) is 0 Å². The predicted molar refractivity (Wildman–Crippen MR) is 148 cm³/mol. The Bertz CT molecular complexity index is 1420. The molecule has 0 amide bonds. The van der Waals surface area contributed by atoms with Crippen molar-refractivity contribution >= 4 is 55.0 Å². The zero-order valence-corrected chi connectivity index (χ0v) is 22.3. The van der Waals surface area contributed by atoms with Crippen LogP contribution in [0.1, 0.15) is 39.0 Å². The molecule has 0 spiro atoms. The number of hydrogen-bond acceptors (Lipinski definition) is 6. The highest BCUT2D eigenvalue weighted by atomic mass is 32.2. The van der Waals surface area contributed by atoms with E-state index in [-0.39, 0.29) is 4.90 Å². The number of sulfonamides is 1. The highest BCUT2D eigenvalue weighted by Crippen LogP contribution is 2.35. The third-order valence-corrected chi connectivity index (χ3v) is 9.49. The molecule has 0 bridgehead atoms. The summed E-state index contributed by atoms with van der Waals surface area (Å²) in [7, 11) is -3.77. The maximum atomic E-state index is 13.0. The molecule has 1 heterocycles. The number of nitrogens with zero attached hydrogens (tertiary/aromatic N) is 1. The van der Waals surface area contributed by atoms with Gasteiger partial charge in [0, 0.05) is 0 Å². The van der Waals surface area contributed by atoms with Crippen LogP contribution in [-0.2, 0) is 14.8 Å². The van der Waals surface area contributed by atoms with E-state index < -0.39 is 21.2 Å². The fourth-order valence-electron chi connectivity index (χ4n) is 3.80. The van der Waals surface area contributed by atoms with Crippen LogP contribution >= 0.6 is 23.1 Å². The number of carboxylic acids is 1. The van der Waals surface area contributed by atoms with Gasteiger partial charge in [0.15, 0.2) is 4.34 Å². The predicted octanol–water partition coefficient (Wildman–Crippen LogP) is 7.28. The lowest BCUT2D eigenvalue weighted by Crippen LogP contribution is -2.15. The van der Waals surface area contributed by atoms with E-state index >= 15 is 0 Å². The number of carboxylic acid groups (broad SMARTS) is 1. The summed E-state index contributed by atoms with van der Waals surface area (Å²) in [5.41, 5.74) is 3.11. The van der Waals surface area contributed by atoms with Gasteiger partial charge >= 0.3 is 5.97 Å². The molecule has 0 fully saturated rings. The van der Waals surface area contributed by atoms with Gasteiger partial charge in [-0.25, -0.2) is 13.4 Å². The number of rotatable bonds is 12. The topological polar surface area (TPSA) is 96.4 Å². The first kappa shape index (κ1) is 26.2. The van der Waals surface area contributed by atoms with Crippen LogP contribution in [0.25, 0.3) is 21.3 Å². The Morgan fingerprint density at radius 1 is 1.00 bits per heavy atom. The molecule has 188 valence electrons. The van der Waals surface area contributed by atoms with Gasteiger partial charge in [0.25, 0.3) is 10.0 Å². The Hall–Kier alpha value is -2.88. The number of fused-ring (bicyclic) bond motifs is 1. The molecule has 36 heavy (non-hydrogen) atoms. The molecular weight excluding hydrogens is 513 g/mol. The van der Waals surface area contributed by atoms with Gasteiger partial charge in [0.05, 0.1) is 20.8 Å². The number of thioether (sulfide) groups is 1. The van der Waals surface area contributed by atoms with Gasteiger partial charge in [-0.05, 0) is 47.9 Å². The van der Waals surface area contributed by atoms with Gasteiger partial charge in [0.1, 0.15) is 5.25 Å². The molecule has 4 aromatic rings. The number of thiazole rings is 1. The molecule has 0 aliphatic rings. The van der Waals surface area contributed by atoms with Crippen molar-refractivity contribution in [3.8, 4) is 11.1 Å². The molecule has 6 nitrogen and oxygen atoms in total. The summed E-state index contributed by atoms with van der Waals surface area (Å²) in [6.07, 6.45) is 4.71. The lowest BCUT2D eigenvalue weighted by atomic mass is 10.1. The van der Waals surface area contributed by atoms with Gasteiger partial charge in [-0.15, -0.1) is 11.3 Å². The minimum Gasteiger partial charge on any atom is -0.480 e. The van der Waals surface area contributed by atoms with Crippen molar-refractivity contribution in [3.05, 3.63) is 72.8 Å². The molecule has 1 aromatic heterocycles. The summed E-state index contributed by atoms with van der Waals surface area (Å²) in [5.74, 6) is -0.831. The third-order valence-electron chi connectivity index (χ3n) is 5.73. The Morgan fingerprint density at radius 2 is 1.72 bits per heavy atom. The zero-order chi connectivity index (χ0) is 25.5. The van der Waals surface area contributed by atoms with Crippen molar-refractivity contribution in [2.75, 3.05) is 4.72 Å². The lowest BCUT2D eigenvalue weighted by molar-refractivity contribution is -0.136. The normalized spacial score (nSPS) is 12.5. The fraction of sp³-hybridized carbons (Fsp3) is 0.259. The minimum absolute atomic E-state index is 0.176.